The van der Waals surface area contributed by atoms with Crippen molar-refractivity contribution in [2.45, 2.75) is 50.9 Å². The average Bonchev–Trinajstić information content (AvgIpc) is 2.87. The average molecular weight is 481 g/mol. The molecule has 3 aromatic carbocycles. The van der Waals surface area contributed by atoms with Crippen LogP contribution >= 0.6 is 0 Å². The van der Waals surface area contributed by atoms with Gasteiger partial charge in [0.05, 0.1) is 6.61 Å². The predicted molar refractivity (Wildman–Crippen MR) is 133 cm³/mol. The quantitative estimate of drug-likeness (QED) is 0.246. The summed E-state index contributed by atoms with van der Waals surface area (Å²) < 4.78 is 49.3. The molecule has 2 nitrogen and oxygen atoms in total. The number of phenolic OH excluding ortho intramolecular Hbond substituents is 1. The molecule has 0 unspecified atom stereocenters. The first-order valence-corrected chi connectivity index (χ1v) is 12.3. The second-order valence-electron chi connectivity index (χ2n) is 9.32. The maximum atomic E-state index is 14.8. The van der Waals surface area contributed by atoms with Crippen molar-refractivity contribution in [3.05, 3.63) is 95.8 Å². The van der Waals surface area contributed by atoms with Gasteiger partial charge in [-0.1, -0.05) is 36.4 Å². The molecule has 0 radical (unpaired) electrons. The highest BCUT2D eigenvalue weighted by Gasteiger charge is 2.24. The maximum absolute atomic E-state index is 14.8. The molecule has 1 saturated carbocycles. The number of aromatic hydroxyl groups is 1. The van der Waals surface area contributed by atoms with E-state index >= 15 is 0 Å². The van der Waals surface area contributed by atoms with E-state index in [4.69, 9.17) is 4.74 Å². The van der Waals surface area contributed by atoms with Crippen LogP contribution in [0.15, 0.2) is 67.3 Å². The SMILES string of the molecule is C=CCCOc1ccc(C2CCC(CCc3ccc(-c4ccc(O)cc4)c(F)c3F)CC2)cc1F. The fourth-order valence-corrected chi connectivity index (χ4v) is 4.93. The first-order valence-electron chi connectivity index (χ1n) is 12.3. The van der Waals surface area contributed by atoms with E-state index in [1.54, 1.807) is 42.5 Å². The van der Waals surface area contributed by atoms with Crippen LogP contribution in [0.25, 0.3) is 11.1 Å². The summed E-state index contributed by atoms with van der Waals surface area (Å²) >= 11 is 0. The van der Waals surface area contributed by atoms with E-state index in [-0.39, 0.29) is 22.9 Å². The fourth-order valence-electron chi connectivity index (χ4n) is 4.93. The number of benzene rings is 3. The molecule has 5 heteroatoms. The third kappa shape index (κ3) is 6.08. The molecule has 1 aliphatic carbocycles. The van der Waals surface area contributed by atoms with Crippen molar-refractivity contribution in [3.63, 3.8) is 0 Å². The Morgan fingerprint density at radius 2 is 1.66 bits per heavy atom. The van der Waals surface area contributed by atoms with Gasteiger partial charge in [-0.25, -0.2) is 13.2 Å². The van der Waals surface area contributed by atoms with Crippen LogP contribution in [-0.4, -0.2) is 11.7 Å². The summed E-state index contributed by atoms with van der Waals surface area (Å²) in [6, 6.07) is 14.6. The maximum Gasteiger partial charge on any atom is 0.166 e. The van der Waals surface area contributed by atoms with Crippen LogP contribution in [0.2, 0.25) is 0 Å². The zero-order valence-electron chi connectivity index (χ0n) is 19.8. The van der Waals surface area contributed by atoms with Crippen molar-refractivity contribution in [3.8, 4) is 22.6 Å². The van der Waals surface area contributed by atoms with Gasteiger partial charge in [0.15, 0.2) is 23.2 Å². The molecular weight excluding hydrogens is 449 g/mol. The van der Waals surface area contributed by atoms with E-state index in [0.717, 1.165) is 37.7 Å². The lowest BCUT2D eigenvalue weighted by atomic mass is 9.77. The highest BCUT2D eigenvalue weighted by atomic mass is 19.2. The zero-order valence-corrected chi connectivity index (χ0v) is 19.8. The Hall–Kier alpha value is -3.21. The largest absolute Gasteiger partial charge is 0.508 e. The Morgan fingerprint density at radius 1 is 0.914 bits per heavy atom. The van der Waals surface area contributed by atoms with Crippen LogP contribution in [0.3, 0.4) is 0 Å². The minimum atomic E-state index is -0.851. The van der Waals surface area contributed by atoms with Crippen LogP contribution in [0.4, 0.5) is 13.2 Å². The minimum Gasteiger partial charge on any atom is -0.508 e. The molecule has 0 amide bonds. The summed E-state index contributed by atoms with van der Waals surface area (Å²) in [6.07, 6.45) is 7.58. The molecule has 1 N–H and O–H groups in total. The molecule has 0 heterocycles. The third-order valence-electron chi connectivity index (χ3n) is 7.02. The topological polar surface area (TPSA) is 29.5 Å². The molecule has 0 bridgehead atoms. The molecule has 35 heavy (non-hydrogen) atoms. The van der Waals surface area contributed by atoms with Crippen molar-refractivity contribution in [1.29, 1.82) is 0 Å². The highest BCUT2D eigenvalue weighted by molar-refractivity contribution is 5.65. The molecule has 4 rings (SSSR count). The molecule has 0 aromatic heterocycles. The number of hydrogen-bond acceptors (Lipinski definition) is 2. The molecule has 0 atom stereocenters. The van der Waals surface area contributed by atoms with E-state index in [1.807, 2.05) is 6.07 Å². The smallest absolute Gasteiger partial charge is 0.166 e. The number of aryl methyl sites for hydroxylation is 1. The molecule has 1 aliphatic rings. The molecule has 184 valence electrons. The number of ether oxygens (including phenoxy) is 1. The van der Waals surface area contributed by atoms with Crippen LogP contribution in [0.1, 0.15) is 55.6 Å². The van der Waals surface area contributed by atoms with Gasteiger partial charge in [-0.15, -0.1) is 6.58 Å². The van der Waals surface area contributed by atoms with Gasteiger partial charge in [-0.3, -0.25) is 0 Å². The van der Waals surface area contributed by atoms with Crippen LogP contribution in [0.5, 0.6) is 11.5 Å². The predicted octanol–water partition coefficient (Wildman–Crippen LogP) is 8.34. The van der Waals surface area contributed by atoms with E-state index in [9.17, 15) is 18.3 Å². The number of halogens is 3. The van der Waals surface area contributed by atoms with Crippen molar-refractivity contribution in [1.82, 2.24) is 0 Å². The summed E-state index contributed by atoms with van der Waals surface area (Å²) in [5.41, 5.74) is 2.10. The summed E-state index contributed by atoms with van der Waals surface area (Å²) in [5.74, 6) is -0.877. The normalized spacial score (nSPS) is 17.8. The lowest BCUT2D eigenvalue weighted by Gasteiger charge is -2.29. The molecule has 0 saturated heterocycles. The van der Waals surface area contributed by atoms with E-state index in [2.05, 4.69) is 6.58 Å². The second kappa shape index (κ2) is 11.5. The van der Waals surface area contributed by atoms with Crippen LogP contribution in [-0.2, 0) is 6.42 Å². The van der Waals surface area contributed by atoms with Gasteiger partial charge in [0, 0.05) is 5.56 Å². The van der Waals surface area contributed by atoms with Crippen molar-refractivity contribution in [2.24, 2.45) is 5.92 Å². The monoisotopic (exact) mass is 480 g/mol. The molecule has 0 spiro atoms. The Labute approximate surface area is 205 Å². The lowest BCUT2D eigenvalue weighted by molar-refractivity contribution is 0.302. The minimum absolute atomic E-state index is 0.0800. The van der Waals surface area contributed by atoms with Crippen LogP contribution < -0.4 is 4.74 Å². The Kier molecular flexibility index (Phi) is 8.17. The van der Waals surface area contributed by atoms with Gasteiger partial charge < -0.3 is 9.84 Å². The van der Waals surface area contributed by atoms with Crippen LogP contribution in [0, 0.1) is 23.4 Å². The molecule has 3 aromatic rings. The second-order valence-corrected chi connectivity index (χ2v) is 9.32. The number of rotatable bonds is 9. The summed E-state index contributed by atoms with van der Waals surface area (Å²) in [6.45, 7) is 4.05. The Balaban J connectivity index is 1.31. The first kappa shape index (κ1) is 24.9. The lowest BCUT2D eigenvalue weighted by Crippen LogP contribution is -2.14. The standard InChI is InChI=1S/C30H31F3O2/c1-2-3-18-35-28-17-13-24(19-27(28)31)21-7-4-20(5-8-21)6-9-23-12-16-26(30(33)29(23)32)22-10-14-25(34)15-11-22/h2,10-17,19-21,34H,1,3-9,18H2. The number of phenols is 1. The fraction of sp³-hybridized carbons (Fsp3) is 0.333. The Morgan fingerprint density at radius 3 is 2.34 bits per heavy atom. The van der Waals surface area contributed by atoms with Gasteiger partial charge in [-0.2, -0.15) is 0 Å². The molecule has 0 aliphatic heterocycles. The van der Waals surface area contributed by atoms with Crippen molar-refractivity contribution >= 4 is 0 Å². The zero-order chi connectivity index (χ0) is 24.8. The highest BCUT2D eigenvalue weighted by Crippen LogP contribution is 2.39. The van der Waals surface area contributed by atoms with Crippen molar-refractivity contribution in [2.75, 3.05) is 6.61 Å². The van der Waals surface area contributed by atoms with Gasteiger partial charge in [0.1, 0.15) is 5.75 Å². The van der Waals surface area contributed by atoms with Gasteiger partial charge in [0.25, 0.3) is 0 Å². The third-order valence-corrected chi connectivity index (χ3v) is 7.02. The Bertz CT molecular complexity index is 1150. The number of hydrogen-bond donors (Lipinski definition) is 1. The van der Waals surface area contributed by atoms with Gasteiger partial charge >= 0.3 is 0 Å². The van der Waals surface area contributed by atoms with Crippen molar-refractivity contribution < 1.29 is 23.0 Å². The first-order chi connectivity index (χ1) is 17.0. The van der Waals surface area contributed by atoms with E-state index in [1.165, 1.54) is 12.1 Å². The molecule has 1 fully saturated rings. The van der Waals surface area contributed by atoms with Gasteiger partial charge in [-0.05, 0) is 97.7 Å². The van der Waals surface area contributed by atoms with E-state index < -0.39 is 11.6 Å². The molecular formula is C30H31F3O2. The summed E-state index contributed by atoms with van der Waals surface area (Å²) in [4.78, 5) is 0. The van der Waals surface area contributed by atoms with E-state index in [0.29, 0.717) is 42.4 Å². The van der Waals surface area contributed by atoms with Gasteiger partial charge in [0.2, 0.25) is 0 Å². The summed E-state index contributed by atoms with van der Waals surface area (Å²) in [5, 5.41) is 9.41. The summed E-state index contributed by atoms with van der Waals surface area (Å²) in [7, 11) is 0.